The largest absolute Gasteiger partial charge is 0.481 e. The van der Waals surface area contributed by atoms with Gasteiger partial charge in [-0.15, -0.1) is 0 Å². The highest BCUT2D eigenvalue weighted by molar-refractivity contribution is 6.02. The topological polar surface area (TPSA) is 159 Å². The molecule has 10 nitrogen and oxygen atoms in total. The monoisotopic (exact) mass is 394 g/mol. The summed E-state index contributed by atoms with van der Waals surface area (Å²) in [5.41, 5.74) is 0.515. The maximum atomic E-state index is 12.0. The molecule has 0 radical (unpaired) electrons. The highest BCUT2D eigenvalue weighted by atomic mass is 16.5. The first-order valence-electron chi connectivity index (χ1n) is 8.48. The van der Waals surface area contributed by atoms with Gasteiger partial charge in [-0.2, -0.15) is 0 Å². The van der Waals surface area contributed by atoms with Gasteiger partial charge in [-0.25, -0.2) is 4.79 Å². The lowest BCUT2D eigenvalue weighted by Gasteiger charge is -2.14. The van der Waals surface area contributed by atoms with Crippen LogP contribution in [0.15, 0.2) is 18.2 Å². The molecule has 1 aromatic rings. The van der Waals surface area contributed by atoms with E-state index >= 15 is 0 Å². The molecule has 0 aromatic heterocycles. The fraction of sp³-hybridized carbons (Fsp3) is 0.389. The predicted molar refractivity (Wildman–Crippen MR) is 98.0 cm³/mol. The molecule has 4 N–H and O–H groups in total. The summed E-state index contributed by atoms with van der Waals surface area (Å²) in [4.78, 5) is 56.7. The number of hydrogen-bond acceptors (Lipinski definition) is 6. The number of esters is 1. The van der Waals surface area contributed by atoms with Crippen LogP contribution in [0.1, 0.15) is 48.9 Å². The van der Waals surface area contributed by atoms with Crippen LogP contribution in [0, 0.1) is 0 Å². The van der Waals surface area contributed by atoms with E-state index in [-0.39, 0.29) is 55.5 Å². The van der Waals surface area contributed by atoms with Crippen molar-refractivity contribution in [3.05, 3.63) is 23.8 Å². The van der Waals surface area contributed by atoms with Crippen LogP contribution in [-0.2, 0) is 23.9 Å². The summed E-state index contributed by atoms with van der Waals surface area (Å²) in [6, 6.07) is 4.14. The number of carbonyl (C=O) groups excluding carboxylic acids is 3. The average molecular weight is 394 g/mol. The van der Waals surface area contributed by atoms with E-state index in [1.807, 2.05) is 0 Å². The van der Waals surface area contributed by atoms with Crippen molar-refractivity contribution < 1.29 is 38.9 Å². The van der Waals surface area contributed by atoms with Gasteiger partial charge in [0.15, 0.2) is 0 Å². The number of methoxy groups -OCH3 is 1. The molecule has 0 saturated heterocycles. The second kappa shape index (κ2) is 11.3. The van der Waals surface area contributed by atoms with Crippen molar-refractivity contribution in [2.45, 2.75) is 38.5 Å². The van der Waals surface area contributed by atoms with E-state index in [9.17, 15) is 24.0 Å². The molecule has 0 aliphatic rings. The standard InChI is InChI=1S/C18H22N2O8/c1-28-18(27)11-8-9-12(19-14(21)4-2-6-16(23)24)13(10-11)20-15(22)5-3-7-17(25)26/h8-10H,2-7H2,1H3,(H,19,21)(H,20,22)(H,23,24)(H,25,26). The number of ether oxygens (including phenoxy) is 1. The predicted octanol–water partition coefficient (Wildman–Crippen LogP) is 1.86. The molecule has 0 heterocycles. The maximum absolute atomic E-state index is 12.0. The SMILES string of the molecule is COC(=O)c1ccc(NC(=O)CCCC(=O)O)c(NC(=O)CCCC(=O)O)c1. The van der Waals surface area contributed by atoms with Gasteiger partial charge >= 0.3 is 17.9 Å². The van der Waals surface area contributed by atoms with Crippen molar-refractivity contribution in [2.24, 2.45) is 0 Å². The Bertz CT molecular complexity index is 760. The lowest BCUT2D eigenvalue weighted by atomic mass is 10.1. The summed E-state index contributed by atoms with van der Waals surface area (Å²) >= 11 is 0. The number of hydrogen-bond donors (Lipinski definition) is 4. The number of benzene rings is 1. The third kappa shape index (κ3) is 8.30. The Morgan fingerprint density at radius 3 is 1.79 bits per heavy atom. The van der Waals surface area contributed by atoms with Crippen LogP contribution in [-0.4, -0.2) is 47.0 Å². The van der Waals surface area contributed by atoms with Crippen LogP contribution in [0.4, 0.5) is 11.4 Å². The van der Waals surface area contributed by atoms with E-state index in [1.54, 1.807) is 0 Å². The third-order valence-corrected chi connectivity index (χ3v) is 3.58. The van der Waals surface area contributed by atoms with E-state index in [1.165, 1.54) is 25.3 Å². The zero-order chi connectivity index (χ0) is 21.1. The molecule has 0 aliphatic heterocycles. The normalized spacial score (nSPS) is 10.0. The molecule has 0 atom stereocenters. The van der Waals surface area contributed by atoms with Gasteiger partial charge in [0.25, 0.3) is 0 Å². The number of amides is 2. The van der Waals surface area contributed by atoms with Gasteiger partial charge in [-0.05, 0) is 31.0 Å². The number of carbonyl (C=O) groups is 5. The molecule has 152 valence electrons. The van der Waals surface area contributed by atoms with Gasteiger partial charge in [-0.1, -0.05) is 0 Å². The average Bonchev–Trinajstić information content (AvgIpc) is 2.61. The Labute approximate surface area is 160 Å². The van der Waals surface area contributed by atoms with Crippen LogP contribution in [0.2, 0.25) is 0 Å². The minimum absolute atomic E-state index is 0.0307. The zero-order valence-electron chi connectivity index (χ0n) is 15.3. The van der Waals surface area contributed by atoms with Crippen molar-refractivity contribution in [1.82, 2.24) is 0 Å². The summed E-state index contributed by atoms with van der Waals surface area (Å²) in [7, 11) is 1.20. The molecular weight excluding hydrogens is 372 g/mol. The van der Waals surface area contributed by atoms with E-state index in [4.69, 9.17) is 10.2 Å². The third-order valence-electron chi connectivity index (χ3n) is 3.58. The highest BCUT2D eigenvalue weighted by Gasteiger charge is 2.14. The first kappa shape index (κ1) is 22.6. The molecule has 1 aromatic carbocycles. The van der Waals surface area contributed by atoms with Gasteiger partial charge in [0.05, 0.1) is 24.0 Å². The summed E-state index contributed by atoms with van der Waals surface area (Å²) in [6.07, 6.45) is -0.116. The second-order valence-corrected chi connectivity index (χ2v) is 5.84. The van der Waals surface area contributed by atoms with Crippen molar-refractivity contribution in [3.63, 3.8) is 0 Å². The summed E-state index contributed by atoms with van der Waals surface area (Å²) in [5, 5.41) is 22.3. The molecular formula is C18H22N2O8. The number of carboxylic acid groups (broad SMARTS) is 2. The molecule has 0 unspecified atom stereocenters. The molecule has 0 bridgehead atoms. The van der Waals surface area contributed by atoms with Crippen molar-refractivity contribution in [1.29, 1.82) is 0 Å². The van der Waals surface area contributed by atoms with E-state index in [0.717, 1.165) is 0 Å². The number of carboxylic acids is 2. The fourth-order valence-electron chi connectivity index (χ4n) is 2.23. The van der Waals surface area contributed by atoms with Crippen LogP contribution < -0.4 is 10.6 Å². The Kier molecular flexibility index (Phi) is 9.14. The van der Waals surface area contributed by atoms with Crippen molar-refractivity contribution in [3.8, 4) is 0 Å². The van der Waals surface area contributed by atoms with Gasteiger partial charge in [-0.3, -0.25) is 19.2 Å². The number of anilines is 2. The zero-order valence-corrected chi connectivity index (χ0v) is 15.3. The number of nitrogens with one attached hydrogen (secondary N) is 2. The molecule has 0 saturated carbocycles. The molecule has 10 heteroatoms. The molecule has 0 aliphatic carbocycles. The van der Waals surface area contributed by atoms with Crippen LogP contribution in [0.3, 0.4) is 0 Å². The van der Waals surface area contributed by atoms with Gasteiger partial charge in [0.2, 0.25) is 11.8 Å². The highest BCUT2D eigenvalue weighted by Crippen LogP contribution is 2.25. The van der Waals surface area contributed by atoms with Gasteiger partial charge < -0.3 is 25.6 Å². The Morgan fingerprint density at radius 2 is 1.32 bits per heavy atom. The maximum Gasteiger partial charge on any atom is 0.337 e. The van der Waals surface area contributed by atoms with Crippen LogP contribution >= 0.6 is 0 Å². The lowest BCUT2D eigenvalue weighted by Crippen LogP contribution is -2.17. The molecule has 2 amide bonds. The minimum Gasteiger partial charge on any atom is -0.481 e. The smallest absolute Gasteiger partial charge is 0.337 e. The Hall–Kier alpha value is -3.43. The van der Waals surface area contributed by atoms with Crippen LogP contribution in [0.25, 0.3) is 0 Å². The summed E-state index contributed by atoms with van der Waals surface area (Å²) in [5.74, 6) is -3.60. The number of aliphatic carboxylic acids is 2. The van der Waals surface area contributed by atoms with E-state index in [2.05, 4.69) is 15.4 Å². The van der Waals surface area contributed by atoms with Gasteiger partial charge in [0.1, 0.15) is 0 Å². The quantitative estimate of drug-likeness (QED) is 0.414. The second-order valence-electron chi connectivity index (χ2n) is 5.84. The fourth-order valence-corrected chi connectivity index (χ4v) is 2.23. The summed E-state index contributed by atoms with van der Waals surface area (Å²) in [6.45, 7) is 0. The van der Waals surface area contributed by atoms with Gasteiger partial charge in [0, 0.05) is 25.7 Å². The van der Waals surface area contributed by atoms with Crippen LogP contribution in [0.5, 0.6) is 0 Å². The molecule has 1 rings (SSSR count). The van der Waals surface area contributed by atoms with E-state index < -0.39 is 29.7 Å². The first-order valence-corrected chi connectivity index (χ1v) is 8.48. The Balaban J connectivity index is 2.87. The lowest BCUT2D eigenvalue weighted by molar-refractivity contribution is -0.138. The summed E-state index contributed by atoms with van der Waals surface area (Å²) < 4.78 is 4.62. The molecule has 0 fully saturated rings. The Morgan fingerprint density at radius 1 is 0.821 bits per heavy atom. The number of rotatable bonds is 11. The molecule has 0 spiro atoms. The van der Waals surface area contributed by atoms with Crippen molar-refractivity contribution in [2.75, 3.05) is 17.7 Å². The van der Waals surface area contributed by atoms with Crippen molar-refractivity contribution >= 4 is 41.1 Å². The van der Waals surface area contributed by atoms with E-state index in [0.29, 0.717) is 0 Å². The first-order chi connectivity index (χ1) is 13.2. The minimum atomic E-state index is -1.02. The molecule has 28 heavy (non-hydrogen) atoms.